The van der Waals surface area contributed by atoms with E-state index in [0.29, 0.717) is 12.2 Å². The van der Waals surface area contributed by atoms with Crippen LogP contribution < -0.4 is 10.1 Å². The van der Waals surface area contributed by atoms with Crippen LogP contribution in [0.25, 0.3) is 0 Å². The number of methoxy groups -OCH3 is 1. The zero-order chi connectivity index (χ0) is 15.7. The van der Waals surface area contributed by atoms with E-state index in [1.807, 2.05) is 26.0 Å². The Hall–Kier alpha value is -1.55. The largest absolute Gasteiger partial charge is 0.496 e. The molecule has 1 aromatic carbocycles. The molecule has 0 bridgehead atoms. The first-order valence-corrected chi connectivity index (χ1v) is 7.67. The van der Waals surface area contributed by atoms with Gasteiger partial charge in [-0.3, -0.25) is 4.79 Å². The van der Waals surface area contributed by atoms with Gasteiger partial charge in [-0.2, -0.15) is 0 Å². The van der Waals surface area contributed by atoms with Gasteiger partial charge < -0.3 is 14.8 Å². The number of benzene rings is 1. The maximum atomic E-state index is 12.1. The fourth-order valence-electron chi connectivity index (χ4n) is 1.87. The Labute approximate surface area is 127 Å². The number of carbonyl (C=O) groups excluding carboxylic acids is 1. The van der Waals surface area contributed by atoms with Crippen molar-refractivity contribution < 1.29 is 14.3 Å². The first-order chi connectivity index (χ1) is 10.1. The number of unbranched alkanes of at least 4 members (excludes halogenated alkanes) is 1. The quantitative estimate of drug-likeness (QED) is 0.708. The van der Waals surface area contributed by atoms with E-state index in [2.05, 4.69) is 12.2 Å². The van der Waals surface area contributed by atoms with Crippen LogP contribution in [0.4, 0.5) is 0 Å². The molecule has 0 spiro atoms. The third-order valence-electron chi connectivity index (χ3n) is 3.43. The molecule has 4 heteroatoms. The van der Waals surface area contributed by atoms with Gasteiger partial charge in [0, 0.05) is 23.8 Å². The molecule has 118 valence electrons. The van der Waals surface area contributed by atoms with Crippen molar-refractivity contribution in [3.8, 4) is 5.75 Å². The van der Waals surface area contributed by atoms with E-state index in [1.54, 1.807) is 13.2 Å². The van der Waals surface area contributed by atoms with Crippen LogP contribution in [0, 0.1) is 0 Å². The van der Waals surface area contributed by atoms with Crippen LogP contribution >= 0.6 is 0 Å². The highest BCUT2D eigenvalue weighted by molar-refractivity contribution is 5.94. The molecule has 0 radical (unpaired) electrons. The monoisotopic (exact) mass is 293 g/mol. The summed E-state index contributed by atoms with van der Waals surface area (Å²) >= 11 is 0. The van der Waals surface area contributed by atoms with Gasteiger partial charge in [0.2, 0.25) is 0 Å². The van der Waals surface area contributed by atoms with E-state index in [0.717, 1.165) is 37.2 Å². The summed E-state index contributed by atoms with van der Waals surface area (Å²) < 4.78 is 11.0. The molecule has 0 aliphatic heterocycles. The predicted molar refractivity (Wildman–Crippen MR) is 84.8 cm³/mol. The van der Waals surface area contributed by atoms with Gasteiger partial charge in [-0.15, -0.1) is 0 Å². The summed E-state index contributed by atoms with van der Waals surface area (Å²) in [7, 11) is 1.63. The smallest absolute Gasteiger partial charge is 0.251 e. The second-order valence-electron chi connectivity index (χ2n) is 5.22. The van der Waals surface area contributed by atoms with Crippen molar-refractivity contribution in [1.29, 1.82) is 0 Å². The van der Waals surface area contributed by atoms with Crippen molar-refractivity contribution in [1.82, 2.24) is 5.32 Å². The zero-order valence-corrected chi connectivity index (χ0v) is 13.6. The van der Waals surface area contributed by atoms with Gasteiger partial charge in [-0.25, -0.2) is 0 Å². The number of rotatable bonds is 9. The van der Waals surface area contributed by atoms with E-state index in [-0.39, 0.29) is 11.9 Å². The lowest BCUT2D eigenvalue weighted by Crippen LogP contribution is -2.31. The van der Waals surface area contributed by atoms with Gasteiger partial charge in [-0.05, 0) is 38.0 Å². The summed E-state index contributed by atoms with van der Waals surface area (Å²) in [6.45, 7) is 7.36. The van der Waals surface area contributed by atoms with Gasteiger partial charge in [-0.1, -0.05) is 20.3 Å². The summed E-state index contributed by atoms with van der Waals surface area (Å²) in [5.41, 5.74) is 1.55. The molecule has 1 rings (SSSR count). The van der Waals surface area contributed by atoms with Crippen molar-refractivity contribution in [3.63, 3.8) is 0 Å². The molecule has 21 heavy (non-hydrogen) atoms. The predicted octanol–water partition coefficient (Wildman–Crippen LogP) is 3.54. The van der Waals surface area contributed by atoms with Gasteiger partial charge in [0.05, 0.1) is 13.7 Å². The van der Waals surface area contributed by atoms with Gasteiger partial charge in [0.1, 0.15) is 5.75 Å². The van der Waals surface area contributed by atoms with E-state index in [4.69, 9.17) is 9.47 Å². The van der Waals surface area contributed by atoms with Crippen LogP contribution in [0.2, 0.25) is 0 Å². The fraction of sp³-hybridized carbons (Fsp3) is 0.588. The summed E-state index contributed by atoms with van der Waals surface area (Å²) in [5.74, 6) is 0.702. The molecule has 0 heterocycles. The van der Waals surface area contributed by atoms with Gasteiger partial charge >= 0.3 is 0 Å². The molecule has 1 amide bonds. The molecule has 1 aromatic rings. The average molecular weight is 293 g/mol. The summed E-state index contributed by atoms with van der Waals surface area (Å²) in [5, 5.41) is 2.97. The SMILES string of the molecule is CCCCOCc1cc(C(=O)N[C@@H](C)CC)ccc1OC. The standard InChI is InChI=1S/C17H27NO3/c1-5-7-10-21-12-15-11-14(8-9-16(15)20-4)17(19)18-13(3)6-2/h8-9,11,13H,5-7,10,12H2,1-4H3,(H,18,19)/t13-/m0/s1. The Bertz CT molecular complexity index is 446. The molecule has 0 saturated carbocycles. The first-order valence-electron chi connectivity index (χ1n) is 7.67. The number of carbonyl (C=O) groups is 1. The lowest BCUT2D eigenvalue weighted by Gasteiger charge is -2.14. The Morgan fingerprint density at radius 2 is 2.10 bits per heavy atom. The van der Waals surface area contributed by atoms with Crippen LogP contribution in [0.5, 0.6) is 5.75 Å². The maximum Gasteiger partial charge on any atom is 0.251 e. The molecular formula is C17H27NO3. The number of nitrogens with one attached hydrogen (secondary N) is 1. The van der Waals surface area contributed by atoms with Crippen molar-refractivity contribution in [3.05, 3.63) is 29.3 Å². The molecule has 4 nitrogen and oxygen atoms in total. The third kappa shape index (κ3) is 5.76. The van der Waals surface area contributed by atoms with Crippen LogP contribution in [0.15, 0.2) is 18.2 Å². The van der Waals surface area contributed by atoms with E-state index < -0.39 is 0 Å². The summed E-state index contributed by atoms with van der Waals surface area (Å²) in [6.07, 6.45) is 3.06. The van der Waals surface area contributed by atoms with Crippen LogP contribution in [-0.4, -0.2) is 25.7 Å². The number of hydrogen-bond acceptors (Lipinski definition) is 3. The highest BCUT2D eigenvalue weighted by Gasteiger charge is 2.12. The molecule has 0 aliphatic rings. The Kier molecular flexibility index (Phi) is 7.83. The summed E-state index contributed by atoms with van der Waals surface area (Å²) in [6, 6.07) is 5.63. The Morgan fingerprint density at radius 1 is 1.33 bits per heavy atom. The fourth-order valence-corrected chi connectivity index (χ4v) is 1.87. The van der Waals surface area contributed by atoms with Crippen molar-refractivity contribution in [2.75, 3.05) is 13.7 Å². The van der Waals surface area contributed by atoms with Crippen molar-refractivity contribution in [2.45, 2.75) is 52.7 Å². The molecule has 0 fully saturated rings. The molecular weight excluding hydrogens is 266 g/mol. The first kappa shape index (κ1) is 17.5. The van der Waals surface area contributed by atoms with Crippen molar-refractivity contribution in [2.24, 2.45) is 0 Å². The van der Waals surface area contributed by atoms with E-state index >= 15 is 0 Å². The Morgan fingerprint density at radius 3 is 2.71 bits per heavy atom. The second kappa shape index (κ2) is 9.40. The lowest BCUT2D eigenvalue weighted by atomic mass is 10.1. The zero-order valence-electron chi connectivity index (χ0n) is 13.6. The topological polar surface area (TPSA) is 47.6 Å². The molecule has 0 saturated heterocycles. The van der Waals surface area contributed by atoms with Crippen LogP contribution in [-0.2, 0) is 11.3 Å². The number of ether oxygens (including phenoxy) is 2. The minimum Gasteiger partial charge on any atom is -0.496 e. The number of amides is 1. The average Bonchev–Trinajstić information content (AvgIpc) is 2.51. The molecule has 0 aromatic heterocycles. The maximum absolute atomic E-state index is 12.1. The minimum absolute atomic E-state index is 0.0539. The van der Waals surface area contributed by atoms with Crippen LogP contribution in [0.3, 0.4) is 0 Å². The van der Waals surface area contributed by atoms with E-state index in [1.165, 1.54) is 0 Å². The third-order valence-corrected chi connectivity index (χ3v) is 3.43. The van der Waals surface area contributed by atoms with E-state index in [9.17, 15) is 4.79 Å². The molecule has 1 N–H and O–H groups in total. The summed E-state index contributed by atoms with van der Waals surface area (Å²) in [4.78, 5) is 12.1. The van der Waals surface area contributed by atoms with Gasteiger partial charge in [0.15, 0.2) is 0 Å². The minimum atomic E-state index is -0.0539. The highest BCUT2D eigenvalue weighted by atomic mass is 16.5. The number of hydrogen-bond donors (Lipinski definition) is 1. The second-order valence-corrected chi connectivity index (χ2v) is 5.22. The molecule has 1 atom stereocenters. The highest BCUT2D eigenvalue weighted by Crippen LogP contribution is 2.21. The normalized spacial score (nSPS) is 12.0. The van der Waals surface area contributed by atoms with Crippen LogP contribution in [0.1, 0.15) is 56.0 Å². The molecule has 0 aliphatic carbocycles. The Balaban J connectivity index is 2.76. The lowest BCUT2D eigenvalue weighted by molar-refractivity contribution is 0.0938. The van der Waals surface area contributed by atoms with Gasteiger partial charge in [0.25, 0.3) is 5.91 Å². The van der Waals surface area contributed by atoms with Crippen molar-refractivity contribution >= 4 is 5.91 Å². The molecule has 0 unspecified atom stereocenters.